The van der Waals surface area contributed by atoms with Crippen molar-refractivity contribution in [2.75, 3.05) is 5.32 Å². The number of piperidine rings is 1. The van der Waals surface area contributed by atoms with Crippen LogP contribution in [0.1, 0.15) is 26.2 Å². The van der Waals surface area contributed by atoms with Gasteiger partial charge in [0, 0.05) is 30.4 Å². The van der Waals surface area contributed by atoms with Gasteiger partial charge in [-0.05, 0) is 43.4 Å². The fraction of sp³-hybridized carbons (Fsp3) is 0.471. The molecule has 2 unspecified atom stereocenters. The fourth-order valence-electron chi connectivity index (χ4n) is 3.92. The van der Waals surface area contributed by atoms with Gasteiger partial charge >= 0.3 is 12.1 Å². The zero-order valence-electron chi connectivity index (χ0n) is 14.0. The minimum atomic E-state index is -0.692. The molecule has 6 nitrogen and oxygen atoms in total. The predicted octanol–water partition coefficient (Wildman–Crippen LogP) is 3.68. The minimum absolute atomic E-state index is 0.0958. The lowest BCUT2D eigenvalue weighted by molar-refractivity contribution is -0.00600. The van der Waals surface area contributed by atoms with E-state index in [9.17, 15) is 9.18 Å². The average Bonchev–Trinajstić information content (AvgIpc) is 2.87. The van der Waals surface area contributed by atoms with Gasteiger partial charge in [0.25, 0.3) is 0 Å². The van der Waals surface area contributed by atoms with E-state index in [0.717, 1.165) is 23.9 Å². The Labute approximate surface area is 150 Å². The normalized spacial score (nSPS) is 24.8. The van der Waals surface area contributed by atoms with Gasteiger partial charge in [0.1, 0.15) is 0 Å². The van der Waals surface area contributed by atoms with E-state index >= 15 is 0 Å². The highest BCUT2D eigenvalue weighted by Crippen LogP contribution is 2.41. The second-order valence-electron chi connectivity index (χ2n) is 6.98. The molecule has 2 bridgehead atoms. The minimum Gasteiger partial charge on any atom is -0.318 e. The van der Waals surface area contributed by atoms with E-state index in [0.29, 0.717) is 34.3 Å². The number of aryl methyl sites for hydroxylation is 1. The van der Waals surface area contributed by atoms with Gasteiger partial charge in [-0.3, -0.25) is 0 Å². The number of carbonyl (C=O) groups is 1. The number of nitrogens with one attached hydrogen (secondary N) is 1. The maximum atomic E-state index is 13.5. The fourth-order valence-corrected chi connectivity index (χ4v) is 4.12. The number of halogens is 2. The Morgan fingerprint density at radius 2 is 2.04 bits per heavy atom. The molecule has 1 aromatic heterocycles. The number of hydrogen-bond acceptors (Lipinski definition) is 3. The zero-order valence-corrected chi connectivity index (χ0v) is 14.8. The molecule has 1 aliphatic carbocycles. The molecule has 1 N–H and O–H groups in total. The summed E-state index contributed by atoms with van der Waals surface area (Å²) in [6.45, 7) is 2.23. The Hall–Kier alpha value is -2.15. The number of fused-ring (bicyclic) bond motifs is 2. The molecular formula is C17H19ClFN5O. The van der Waals surface area contributed by atoms with Crippen LogP contribution in [0.15, 0.2) is 18.2 Å². The summed E-state index contributed by atoms with van der Waals surface area (Å²) in [5.41, 5.74) is 1.08. The first-order valence-corrected chi connectivity index (χ1v) is 8.76. The van der Waals surface area contributed by atoms with E-state index in [4.69, 9.17) is 11.6 Å². The van der Waals surface area contributed by atoms with Gasteiger partial charge in [0.15, 0.2) is 5.82 Å². The largest absolute Gasteiger partial charge is 0.322 e. The Morgan fingerprint density at radius 1 is 1.32 bits per heavy atom. The van der Waals surface area contributed by atoms with E-state index in [1.54, 1.807) is 18.2 Å². The van der Waals surface area contributed by atoms with Gasteiger partial charge in [0.2, 0.25) is 0 Å². The number of nitrogens with zero attached hydrogens (tertiary/aromatic N) is 4. The number of carbonyl (C=O) groups excluding carboxylic acids is 1. The summed E-state index contributed by atoms with van der Waals surface area (Å²) in [4.78, 5) is 18.3. The molecule has 5 rings (SSSR count). The lowest BCUT2D eigenvalue weighted by atomic mass is 9.74. The van der Waals surface area contributed by atoms with Gasteiger partial charge in [-0.15, -0.1) is 5.10 Å². The summed E-state index contributed by atoms with van der Waals surface area (Å²) in [6, 6.07) is 5.63. The first-order chi connectivity index (χ1) is 11.9. The van der Waals surface area contributed by atoms with E-state index in [-0.39, 0.29) is 11.9 Å². The van der Waals surface area contributed by atoms with Gasteiger partial charge in [0.05, 0.1) is 5.02 Å². The molecule has 0 spiro atoms. The van der Waals surface area contributed by atoms with E-state index in [1.807, 2.05) is 4.90 Å². The van der Waals surface area contributed by atoms with Crippen molar-refractivity contribution in [1.82, 2.24) is 19.7 Å². The molecular weight excluding hydrogens is 345 g/mol. The molecule has 3 fully saturated rings. The molecule has 2 atom stereocenters. The maximum absolute atomic E-state index is 13.5. The van der Waals surface area contributed by atoms with Crippen LogP contribution >= 0.6 is 11.6 Å². The Bertz CT molecular complexity index is 807. The molecule has 1 saturated carbocycles. The number of hydrogen-bond donors (Lipinski definition) is 1. The smallest absolute Gasteiger partial charge is 0.318 e. The summed E-state index contributed by atoms with van der Waals surface area (Å²) in [5, 5.41) is 7.32. The van der Waals surface area contributed by atoms with E-state index in [1.165, 1.54) is 7.05 Å². The van der Waals surface area contributed by atoms with Crippen molar-refractivity contribution in [3.8, 4) is 11.4 Å². The molecule has 2 aromatic rings. The van der Waals surface area contributed by atoms with Crippen LogP contribution in [0.25, 0.3) is 11.4 Å². The molecule has 3 heterocycles. The number of urea groups is 1. The lowest BCUT2D eigenvalue weighted by Crippen LogP contribution is -2.63. The molecule has 1 aromatic carbocycles. The molecule has 3 aliphatic rings. The number of amides is 2. The number of anilines is 1. The van der Waals surface area contributed by atoms with Gasteiger partial charge in [-0.1, -0.05) is 18.5 Å². The molecule has 2 saturated heterocycles. The zero-order chi connectivity index (χ0) is 17.7. The highest BCUT2D eigenvalue weighted by Gasteiger charge is 2.46. The molecule has 25 heavy (non-hydrogen) atoms. The molecule has 2 amide bonds. The van der Waals surface area contributed by atoms with Gasteiger partial charge in [-0.2, -0.15) is 9.37 Å². The Morgan fingerprint density at radius 3 is 2.68 bits per heavy atom. The number of benzene rings is 1. The third-order valence-electron chi connectivity index (χ3n) is 5.08. The molecule has 2 aliphatic heterocycles. The third-order valence-corrected chi connectivity index (χ3v) is 5.41. The van der Waals surface area contributed by atoms with Crippen LogP contribution in [0.3, 0.4) is 0 Å². The van der Waals surface area contributed by atoms with Crippen LogP contribution in [0.2, 0.25) is 5.02 Å². The SMILES string of the molecule is CC1CC2CC(C1)N2C(=O)Nc1ccc(Cl)c(-c2nc(F)n(C)n2)c1. The molecule has 8 heteroatoms. The molecule has 132 valence electrons. The standard InChI is InChI=1S/C17H19ClFN5O/c1-9-5-11-8-12(6-9)24(11)17(25)20-10-3-4-14(18)13(7-10)15-21-16(19)23(2)22-15/h3-4,7,9,11-12H,5-6,8H2,1-2H3,(H,20,25). The summed E-state index contributed by atoms with van der Waals surface area (Å²) < 4.78 is 14.5. The average molecular weight is 364 g/mol. The van der Waals surface area contributed by atoms with Crippen molar-refractivity contribution < 1.29 is 9.18 Å². The lowest BCUT2D eigenvalue weighted by Gasteiger charge is -2.54. The first-order valence-electron chi connectivity index (χ1n) is 8.38. The van der Waals surface area contributed by atoms with Crippen LogP contribution in [-0.4, -0.2) is 37.8 Å². The van der Waals surface area contributed by atoms with Crippen LogP contribution in [0.4, 0.5) is 14.9 Å². The predicted molar refractivity (Wildman–Crippen MR) is 92.9 cm³/mol. The number of aromatic nitrogens is 3. The molecule has 0 radical (unpaired) electrons. The van der Waals surface area contributed by atoms with E-state index < -0.39 is 6.08 Å². The van der Waals surface area contributed by atoms with Crippen LogP contribution in [0.5, 0.6) is 0 Å². The summed E-state index contributed by atoms with van der Waals surface area (Å²) in [6.07, 6.45) is 2.53. The third kappa shape index (κ3) is 2.86. The highest BCUT2D eigenvalue weighted by molar-refractivity contribution is 6.33. The van der Waals surface area contributed by atoms with Crippen LogP contribution < -0.4 is 5.32 Å². The van der Waals surface area contributed by atoms with Crippen LogP contribution in [0, 0.1) is 12.0 Å². The van der Waals surface area contributed by atoms with Crippen molar-refractivity contribution in [3.63, 3.8) is 0 Å². The second-order valence-corrected chi connectivity index (χ2v) is 7.39. The second kappa shape index (κ2) is 5.98. The Balaban J connectivity index is 1.54. The highest BCUT2D eigenvalue weighted by atomic mass is 35.5. The quantitative estimate of drug-likeness (QED) is 0.885. The van der Waals surface area contributed by atoms with Crippen molar-refractivity contribution in [3.05, 3.63) is 29.3 Å². The van der Waals surface area contributed by atoms with Gasteiger partial charge in [-0.25, -0.2) is 9.48 Å². The Kier molecular flexibility index (Phi) is 3.91. The summed E-state index contributed by atoms with van der Waals surface area (Å²) in [7, 11) is 1.47. The van der Waals surface area contributed by atoms with Crippen LogP contribution in [-0.2, 0) is 7.05 Å². The first kappa shape index (κ1) is 16.3. The number of rotatable bonds is 2. The topological polar surface area (TPSA) is 63.1 Å². The summed E-state index contributed by atoms with van der Waals surface area (Å²) >= 11 is 6.19. The van der Waals surface area contributed by atoms with Crippen molar-refractivity contribution in [2.24, 2.45) is 13.0 Å². The van der Waals surface area contributed by atoms with Crippen molar-refractivity contribution >= 4 is 23.3 Å². The van der Waals surface area contributed by atoms with Crippen molar-refractivity contribution in [1.29, 1.82) is 0 Å². The van der Waals surface area contributed by atoms with E-state index in [2.05, 4.69) is 22.3 Å². The van der Waals surface area contributed by atoms with Gasteiger partial charge < -0.3 is 10.2 Å². The van der Waals surface area contributed by atoms with Crippen molar-refractivity contribution in [2.45, 2.75) is 38.3 Å². The monoisotopic (exact) mass is 363 g/mol. The maximum Gasteiger partial charge on any atom is 0.322 e. The summed E-state index contributed by atoms with van der Waals surface area (Å²) in [5.74, 6) is 0.871.